The van der Waals surface area contributed by atoms with E-state index in [1.54, 1.807) is 24.7 Å². The third-order valence-electron chi connectivity index (χ3n) is 6.84. The molecule has 1 fully saturated rings. The van der Waals surface area contributed by atoms with E-state index < -0.39 is 5.91 Å². The lowest BCUT2D eigenvalue weighted by Crippen LogP contribution is -2.17. The second-order valence-corrected chi connectivity index (χ2v) is 9.94. The van der Waals surface area contributed by atoms with E-state index >= 15 is 0 Å². The first kappa shape index (κ1) is 26.3. The molecule has 5 aromatic rings. The van der Waals surface area contributed by atoms with Crippen LogP contribution in [0.25, 0.3) is 22.4 Å². The number of hydrogen-bond donors (Lipinski definition) is 2. The number of rotatable bonds is 6. The van der Waals surface area contributed by atoms with Crippen LogP contribution in [0.5, 0.6) is 0 Å². The minimum atomic E-state index is -0.465. The summed E-state index contributed by atoms with van der Waals surface area (Å²) in [4.78, 5) is 35.2. The summed E-state index contributed by atoms with van der Waals surface area (Å²) in [5.41, 5.74) is 5.21. The zero-order valence-corrected chi connectivity index (χ0v) is 22.8. The van der Waals surface area contributed by atoms with Crippen molar-refractivity contribution < 1.29 is 9.53 Å². The fourth-order valence-corrected chi connectivity index (χ4v) is 4.85. The number of nitrogens with one attached hydrogen (secondary N) is 2. The van der Waals surface area contributed by atoms with Gasteiger partial charge in [0, 0.05) is 35.9 Å². The lowest BCUT2D eigenvalue weighted by Gasteiger charge is -2.23. The van der Waals surface area contributed by atoms with Crippen molar-refractivity contribution in [3.63, 3.8) is 0 Å². The van der Waals surface area contributed by atoms with Crippen molar-refractivity contribution >= 4 is 45.9 Å². The molecule has 41 heavy (non-hydrogen) atoms. The molecule has 2 N–H and O–H groups in total. The summed E-state index contributed by atoms with van der Waals surface area (Å²) >= 11 is 5.95. The predicted octanol–water partition coefficient (Wildman–Crippen LogP) is 5.81. The number of anilines is 3. The third kappa shape index (κ3) is 5.30. The monoisotopic (exact) mass is 565 g/mol. The van der Waals surface area contributed by atoms with Crippen molar-refractivity contribution in [2.24, 2.45) is 0 Å². The van der Waals surface area contributed by atoms with Crippen LogP contribution in [0.2, 0.25) is 5.02 Å². The van der Waals surface area contributed by atoms with E-state index in [1.807, 2.05) is 35.8 Å². The Hall–Kier alpha value is -4.92. The molecule has 0 saturated carbocycles. The number of nitriles is 1. The first-order chi connectivity index (χ1) is 20.0. The van der Waals surface area contributed by atoms with Crippen LogP contribution >= 0.6 is 11.6 Å². The average molecular weight is 566 g/mol. The molecule has 0 radical (unpaired) electrons. The van der Waals surface area contributed by atoms with Crippen LogP contribution in [-0.2, 0) is 4.74 Å². The van der Waals surface area contributed by atoms with Crippen molar-refractivity contribution in [3.05, 3.63) is 83.3 Å². The Morgan fingerprint density at radius 3 is 2.88 bits per heavy atom. The van der Waals surface area contributed by atoms with E-state index in [4.69, 9.17) is 16.3 Å². The molecule has 1 aliphatic rings. The largest absolute Gasteiger partial charge is 0.358 e. The number of ether oxygens (including phenoxy) is 1. The molecule has 1 aromatic carbocycles. The highest BCUT2D eigenvalue weighted by Crippen LogP contribution is 2.34. The van der Waals surface area contributed by atoms with E-state index in [-0.39, 0.29) is 22.5 Å². The predicted molar refractivity (Wildman–Crippen MR) is 154 cm³/mol. The highest BCUT2D eigenvalue weighted by molar-refractivity contribution is 6.31. The Bertz CT molecular complexity index is 1810. The quantitative estimate of drug-likeness (QED) is 0.260. The van der Waals surface area contributed by atoms with Gasteiger partial charge in [0.2, 0.25) is 0 Å². The summed E-state index contributed by atoms with van der Waals surface area (Å²) in [6, 6.07) is 12.5. The molecule has 5 heterocycles. The number of benzene rings is 1. The van der Waals surface area contributed by atoms with Gasteiger partial charge in [-0.1, -0.05) is 17.7 Å². The molecule has 4 aromatic heterocycles. The van der Waals surface area contributed by atoms with Gasteiger partial charge in [0.1, 0.15) is 41.3 Å². The summed E-state index contributed by atoms with van der Waals surface area (Å²) in [6.45, 7) is 2.67. The third-order valence-corrected chi connectivity index (χ3v) is 7.15. The van der Waals surface area contributed by atoms with Gasteiger partial charge in [-0.15, -0.1) is 0 Å². The molecule has 1 amide bonds. The van der Waals surface area contributed by atoms with Crippen LogP contribution in [0.3, 0.4) is 0 Å². The molecular formula is C29H24ClN9O2. The number of amides is 1. The summed E-state index contributed by atoms with van der Waals surface area (Å²) < 4.78 is 7.93. The normalized spacial score (nSPS) is 14.9. The number of nitrogens with zero attached hydrogens (tertiary/aromatic N) is 7. The van der Waals surface area contributed by atoms with Crippen LogP contribution in [0, 0.1) is 18.3 Å². The maximum absolute atomic E-state index is 12.8. The Balaban J connectivity index is 1.30. The molecule has 0 bridgehead atoms. The number of imidazole rings is 1. The van der Waals surface area contributed by atoms with Gasteiger partial charge in [-0.3, -0.25) is 9.36 Å². The van der Waals surface area contributed by atoms with Crippen LogP contribution in [0.4, 0.5) is 17.2 Å². The zero-order chi connectivity index (χ0) is 28.3. The first-order valence-electron chi connectivity index (χ1n) is 13.0. The van der Waals surface area contributed by atoms with Crippen molar-refractivity contribution in [1.29, 1.82) is 5.26 Å². The van der Waals surface area contributed by atoms with Crippen LogP contribution in [0.15, 0.2) is 61.4 Å². The second-order valence-electron chi connectivity index (χ2n) is 9.54. The highest BCUT2D eigenvalue weighted by atomic mass is 35.5. The number of pyridine rings is 2. The van der Waals surface area contributed by atoms with Crippen LogP contribution < -0.4 is 10.6 Å². The van der Waals surface area contributed by atoms with Crippen molar-refractivity contribution in [2.75, 3.05) is 17.2 Å². The summed E-state index contributed by atoms with van der Waals surface area (Å²) in [6.07, 6.45) is 9.22. The zero-order valence-electron chi connectivity index (χ0n) is 22.0. The Labute approximate surface area is 240 Å². The maximum Gasteiger partial charge on any atom is 0.274 e. The van der Waals surface area contributed by atoms with E-state index in [1.165, 1.54) is 18.6 Å². The average Bonchev–Trinajstić information content (AvgIpc) is 3.44. The summed E-state index contributed by atoms with van der Waals surface area (Å²) in [7, 11) is 0. The Morgan fingerprint density at radius 1 is 1.15 bits per heavy atom. The molecule has 0 aliphatic carbocycles. The SMILES string of the molecule is Cc1ccc(NC(=O)c2cc(C#N)c(Cl)cn2)cc1Nc1ncccc1-c1ncnc2c1ncn2C1CCCCO1. The van der Waals surface area contributed by atoms with Gasteiger partial charge in [-0.25, -0.2) is 24.9 Å². The number of fused-ring (bicyclic) bond motifs is 1. The number of halogens is 1. The standard InChI is InChI=1S/C29H24ClN9O2/c1-17-7-8-19(37-29(40)23-11-18(13-31)21(30)14-33-23)12-22(17)38-27-20(5-4-9-32-27)25-26-28(35-15-34-25)39(16-36-26)24-6-2-3-10-41-24/h4-5,7-9,11-12,14-16,24H,2-3,6,10H2,1H3,(H,32,38)(H,37,40). The lowest BCUT2D eigenvalue weighted by molar-refractivity contribution is -0.0298. The lowest BCUT2D eigenvalue weighted by atomic mass is 10.1. The molecule has 6 rings (SSSR count). The minimum absolute atomic E-state index is 0.0823. The number of carbonyl (C=O) groups excluding carboxylic acids is 1. The van der Waals surface area contributed by atoms with E-state index in [9.17, 15) is 10.1 Å². The number of aryl methyl sites for hydroxylation is 1. The van der Waals surface area contributed by atoms with Gasteiger partial charge in [0.25, 0.3) is 5.91 Å². The van der Waals surface area contributed by atoms with Crippen molar-refractivity contribution in [2.45, 2.75) is 32.4 Å². The number of aromatic nitrogens is 6. The van der Waals surface area contributed by atoms with Gasteiger partial charge in [-0.05, 0) is 62.1 Å². The first-order valence-corrected chi connectivity index (χ1v) is 13.4. The van der Waals surface area contributed by atoms with Crippen molar-refractivity contribution in [1.82, 2.24) is 29.5 Å². The molecule has 204 valence electrons. The van der Waals surface area contributed by atoms with Crippen LogP contribution in [-0.4, -0.2) is 42.0 Å². The van der Waals surface area contributed by atoms with E-state index in [0.29, 0.717) is 28.4 Å². The maximum atomic E-state index is 12.8. The van der Waals surface area contributed by atoms with Gasteiger partial charge < -0.3 is 15.4 Å². The van der Waals surface area contributed by atoms with Gasteiger partial charge in [0.15, 0.2) is 5.65 Å². The van der Waals surface area contributed by atoms with E-state index in [0.717, 1.165) is 42.7 Å². The Kier molecular flexibility index (Phi) is 7.24. The second kappa shape index (κ2) is 11.3. The van der Waals surface area contributed by atoms with Crippen molar-refractivity contribution in [3.8, 4) is 17.3 Å². The van der Waals surface area contributed by atoms with Gasteiger partial charge >= 0.3 is 0 Å². The van der Waals surface area contributed by atoms with E-state index in [2.05, 4.69) is 35.6 Å². The molecule has 1 saturated heterocycles. The van der Waals surface area contributed by atoms with Gasteiger partial charge in [0.05, 0.1) is 16.9 Å². The fourth-order valence-electron chi connectivity index (χ4n) is 4.70. The molecule has 12 heteroatoms. The smallest absolute Gasteiger partial charge is 0.274 e. The molecule has 1 unspecified atom stereocenters. The van der Waals surface area contributed by atoms with Gasteiger partial charge in [-0.2, -0.15) is 5.26 Å². The molecule has 0 spiro atoms. The Morgan fingerprint density at radius 2 is 2.05 bits per heavy atom. The molecular weight excluding hydrogens is 542 g/mol. The topological polar surface area (TPSA) is 144 Å². The fraction of sp³-hybridized carbons (Fsp3) is 0.207. The highest BCUT2D eigenvalue weighted by Gasteiger charge is 2.22. The molecule has 1 aliphatic heterocycles. The van der Waals surface area contributed by atoms with Crippen LogP contribution in [0.1, 0.15) is 47.1 Å². The molecule has 1 atom stereocenters. The summed E-state index contributed by atoms with van der Waals surface area (Å²) in [5, 5.41) is 15.6. The molecule has 11 nitrogen and oxygen atoms in total. The number of hydrogen-bond acceptors (Lipinski definition) is 9. The minimum Gasteiger partial charge on any atom is -0.358 e. The summed E-state index contributed by atoms with van der Waals surface area (Å²) in [5.74, 6) is 0.105. The number of carbonyl (C=O) groups is 1.